The molecule has 0 unspecified atom stereocenters. The van der Waals surface area contributed by atoms with E-state index < -0.39 is 0 Å². The SMILES string of the molecule is CCOc1cccc2cc(/C(C)=N\NC(=O)c3cc(C)oc3C)oc12. The van der Waals surface area contributed by atoms with E-state index in [4.69, 9.17) is 13.6 Å². The molecule has 6 heteroatoms. The third-order valence-corrected chi connectivity index (χ3v) is 3.78. The zero-order valence-corrected chi connectivity index (χ0v) is 14.7. The van der Waals surface area contributed by atoms with Gasteiger partial charge in [0, 0.05) is 5.39 Å². The van der Waals surface area contributed by atoms with Gasteiger partial charge in [-0.25, -0.2) is 5.43 Å². The van der Waals surface area contributed by atoms with Gasteiger partial charge in [-0.3, -0.25) is 4.79 Å². The molecule has 0 bridgehead atoms. The lowest BCUT2D eigenvalue weighted by atomic mass is 10.2. The summed E-state index contributed by atoms with van der Waals surface area (Å²) in [5, 5.41) is 5.05. The van der Waals surface area contributed by atoms with Crippen LogP contribution in [0.1, 0.15) is 41.5 Å². The zero-order chi connectivity index (χ0) is 18.0. The summed E-state index contributed by atoms with van der Waals surface area (Å²) in [6, 6.07) is 9.26. The summed E-state index contributed by atoms with van der Waals surface area (Å²) in [7, 11) is 0. The van der Waals surface area contributed by atoms with Crippen molar-refractivity contribution in [2.45, 2.75) is 27.7 Å². The Bertz CT molecular complexity index is 950. The fraction of sp³-hybridized carbons (Fsp3) is 0.263. The number of aryl methyl sites for hydroxylation is 2. The van der Waals surface area contributed by atoms with Crippen LogP contribution in [0.15, 0.2) is 44.3 Å². The number of nitrogens with one attached hydrogen (secondary N) is 1. The summed E-state index contributed by atoms with van der Waals surface area (Å²) >= 11 is 0. The van der Waals surface area contributed by atoms with E-state index in [-0.39, 0.29) is 5.91 Å². The lowest BCUT2D eigenvalue weighted by Crippen LogP contribution is -2.19. The molecule has 0 saturated carbocycles. The Kier molecular flexibility index (Phi) is 4.61. The molecule has 25 heavy (non-hydrogen) atoms. The molecule has 130 valence electrons. The van der Waals surface area contributed by atoms with Crippen molar-refractivity contribution < 1.29 is 18.4 Å². The molecule has 2 aromatic heterocycles. The lowest BCUT2D eigenvalue weighted by Gasteiger charge is -2.02. The molecule has 1 amide bonds. The number of hydrogen-bond acceptors (Lipinski definition) is 5. The summed E-state index contributed by atoms with van der Waals surface area (Å²) < 4.78 is 16.8. The van der Waals surface area contributed by atoms with Gasteiger partial charge in [-0.15, -0.1) is 0 Å². The maximum absolute atomic E-state index is 12.2. The number of nitrogens with zero attached hydrogens (tertiary/aromatic N) is 1. The highest BCUT2D eigenvalue weighted by Gasteiger charge is 2.14. The molecule has 0 spiro atoms. The van der Waals surface area contributed by atoms with Gasteiger partial charge in [0.2, 0.25) is 0 Å². The number of furan rings is 2. The van der Waals surface area contributed by atoms with Gasteiger partial charge in [-0.1, -0.05) is 12.1 Å². The third-order valence-electron chi connectivity index (χ3n) is 3.78. The Morgan fingerprint density at radius 2 is 2.04 bits per heavy atom. The van der Waals surface area contributed by atoms with Crippen molar-refractivity contribution >= 4 is 22.6 Å². The average molecular weight is 340 g/mol. The van der Waals surface area contributed by atoms with Crippen molar-refractivity contribution in [2.75, 3.05) is 6.61 Å². The second-order valence-corrected chi connectivity index (χ2v) is 5.68. The highest BCUT2D eigenvalue weighted by molar-refractivity contribution is 6.02. The van der Waals surface area contributed by atoms with E-state index in [2.05, 4.69) is 10.5 Å². The van der Waals surface area contributed by atoms with Crippen LogP contribution in [0.25, 0.3) is 11.0 Å². The molecule has 0 aliphatic heterocycles. The minimum Gasteiger partial charge on any atom is -0.490 e. The first kappa shape index (κ1) is 16.8. The van der Waals surface area contributed by atoms with Gasteiger partial charge < -0.3 is 13.6 Å². The van der Waals surface area contributed by atoms with E-state index in [0.717, 1.165) is 5.39 Å². The molecule has 0 fully saturated rings. The third kappa shape index (κ3) is 3.42. The van der Waals surface area contributed by atoms with Crippen LogP contribution in [-0.4, -0.2) is 18.2 Å². The van der Waals surface area contributed by atoms with E-state index in [1.807, 2.05) is 31.2 Å². The molecular formula is C19H20N2O4. The first-order valence-electron chi connectivity index (χ1n) is 8.07. The van der Waals surface area contributed by atoms with Crippen molar-refractivity contribution in [1.82, 2.24) is 5.43 Å². The smallest absolute Gasteiger partial charge is 0.274 e. The summed E-state index contributed by atoms with van der Waals surface area (Å²) in [5.74, 6) is 2.19. The van der Waals surface area contributed by atoms with E-state index >= 15 is 0 Å². The minimum atomic E-state index is -0.320. The number of hydrogen-bond donors (Lipinski definition) is 1. The van der Waals surface area contributed by atoms with E-state index in [1.165, 1.54) is 0 Å². The predicted octanol–water partition coefficient (Wildman–Crippen LogP) is 4.20. The number of para-hydroxylation sites is 1. The second kappa shape index (κ2) is 6.84. The normalized spacial score (nSPS) is 11.8. The number of benzene rings is 1. The Balaban J connectivity index is 1.82. The van der Waals surface area contributed by atoms with Crippen molar-refractivity contribution in [1.29, 1.82) is 0 Å². The Morgan fingerprint density at radius 1 is 1.24 bits per heavy atom. The summed E-state index contributed by atoms with van der Waals surface area (Å²) in [5.41, 5.74) is 4.23. The molecular weight excluding hydrogens is 320 g/mol. The van der Waals surface area contributed by atoms with Crippen molar-refractivity contribution in [3.8, 4) is 5.75 Å². The first-order chi connectivity index (χ1) is 12.0. The fourth-order valence-corrected chi connectivity index (χ4v) is 2.59. The molecule has 0 aliphatic rings. The van der Waals surface area contributed by atoms with Gasteiger partial charge in [0.1, 0.15) is 17.2 Å². The monoisotopic (exact) mass is 340 g/mol. The number of carbonyl (C=O) groups is 1. The molecule has 3 rings (SSSR count). The van der Waals surface area contributed by atoms with Gasteiger partial charge in [0.05, 0.1) is 12.2 Å². The maximum Gasteiger partial charge on any atom is 0.274 e. The Morgan fingerprint density at radius 3 is 2.72 bits per heavy atom. The quantitative estimate of drug-likeness (QED) is 0.558. The van der Waals surface area contributed by atoms with E-state index in [0.29, 0.717) is 46.5 Å². The van der Waals surface area contributed by atoms with Crippen LogP contribution in [0, 0.1) is 13.8 Å². The van der Waals surface area contributed by atoms with Gasteiger partial charge in [-0.05, 0) is 45.9 Å². The van der Waals surface area contributed by atoms with Crippen LogP contribution in [0.3, 0.4) is 0 Å². The van der Waals surface area contributed by atoms with Gasteiger partial charge in [0.25, 0.3) is 5.91 Å². The minimum absolute atomic E-state index is 0.320. The lowest BCUT2D eigenvalue weighted by molar-refractivity contribution is 0.0953. The van der Waals surface area contributed by atoms with Crippen molar-refractivity contribution in [3.05, 3.63) is 53.2 Å². The largest absolute Gasteiger partial charge is 0.490 e. The fourth-order valence-electron chi connectivity index (χ4n) is 2.59. The molecule has 0 aliphatic carbocycles. The number of ether oxygens (including phenoxy) is 1. The highest BCUT2D eigenvalue weighted by atomic mass is 16.5. The first-order valence-corrected chi connectivity index (χ1v) is 8.07. The zero-order valence-electron chi connectivity index (χ0n) is 14.7. The van der Waals surface area contributed by atoms with Gasteiger partial charge in [-0.2, -0.15) is 5.10 Å². The van der Waals surface area contributed by atoms with Crippen LogP contribution >= 0.6 is 0 Å². The van der Waals surface area contributed by atoms with Crippen molar-refractivity contribution in [2.24, 2.45) is 5.10 Å². The molecule has 6 nitrogen and oxygen atoms in total. The molecule has 0 saturated heterocycles. The summed E-state index contributed by atoms with van der Waals surface area (Å²) in [6.45, 7) is 7.79. The predicted molar refractivity (Wildman–Crippen MR) is 95.2 cm³/mol. The van der Waals surface area contributed by atoms with Gasteiger partial charge in [0.15, 0.2) is 17.1 Å². The van der Waals surface area contributed by atoms with Crippen LogP contribution in [0.5, 0.6) is 5.75 Å². The molecule has 1 aromatic carbocycles. The summed E-state index contributed by atoms with van der Waals surface area (Å²) in [4.78, 5) is 12.2. The highest BCUT2D eigenvalue weighted by Crippen LogP contribution is 2.29. The van der Waals surface area contributed by atoms with E-state index in [1.54, 1.807) is 26.8 Å². The maximum atomic E-state index is 12.2. The Labute approximate surface area is 145 Å². The molecule has 0 radical (unpaired) electrons. The molecule has 0 atom stereocenters. The molecule has 2 heterocycles. The number of hydrazone groups is 1. The number of carbonyl (C=O) groups excluding carboxylic acids is 1. The number of amides is 1. The number of fused-ring (bicyclic) bond motifs is 1. The molecule has 1 N–H and O–H groups in total. The Hall–Kier alpha value is -3.02. The summed E-state index contributed by atoms with van der Waals surface area (Å²) in [6.07, 6.45) is 0. The topological polar surface area (TPSA) is 77.0 Å². The van der Waals surface area contributed by atoms with Crippen LogP contribution in [0.2, 0.25) is 0 Å². The van der Waals surface area contributed by atoms with Crippen LogP contribution < -0.4 is 10.2 Å². The second-order valence-electron chi connectivity index (χ2n) is 5.68. The van der Waals surface area contributed by atoms with Crippen molar-refractivity contribution in [3.63, 3.8) is 0 Å². The standard InChI is InChI=1S/C19H20N2O4/c1-5-23-16-8-6-7-14-10-17(25-18(14)16)12(3)20-21-19(22)15-9-11(2)24-13(15)4/h6-10H,5H2,1-4H3,(H,21,22)/b20-12-. The van der Waals surface area contributed by atoms with Gasteiger partial charge >= 0.3 is 0 Å². The average Bonchev–Trinajstić information content (AvgIpc) is 3.16. The number of rotatable bonds is 5. The van der Waals surface area contributed by atoms with E-state index in [9.17, 15) is 4.79 Å². The molecule has 3 aromatic rings. The van der Waals surface area contributed by atoms with Crippen LogP contribution in [-0.2, 0) is 0 Å². The van der Waals surface area contributed by atoms with Crippen LogP contribution in [0.4, 0.5) is 0 Å².